The predicted molar refractivity (Wildman–Crippen MR) is 102 cm³/mol. The summed E-state index contributed by atoms with van der Waals surface area (Å²) in [6.07, 6.45) is -0.733. The van der Waals surface area contributed by atoms with Gasteiger partial charge in [-0.05, 0) is 19.1 Å². The number of carbonyl (C=O) groups excluding carboxylic acids is 3. The molecule has 1 saturated heterocycles. The minimum atomic E-state index is -0.514. The van der Waals surface area contributed by atoms with E-state index in [1.807, 2.05) is 0 Å². The highest BCUT2D eigenvalue weighted by molar-refractivity contribution is 6.03. The zero-order valence-corrected chi connectivity index (χ0v) is 15.6. The molecule has 0 bridgehead atoms. The lowest BCUT2D eigenvalue weighted by atomic mass is 10.2. The molecule has 3 amide bonds. The maximum absolute atomic E-state index is 12.3. The van der Waals surface area contributed by atoms with Crippen molar-refractivity contribution in [3.8, 4) is 5.75 Å². The van der Waals surface area contributed by atoms with Crippen molar-refractivity contribution in [2.45, 2.75) is 13.3 Å². The summed E-state index contributed by atoms with van der Waals surface area (Å²) < 4.78 is 4.94. The number of anilines is 1. The largest absolute Gasteiger partial charge is 0.507 e. The van der Waals surface area contributed by atoms with E-state index in [1.54, 1.807) is 36.1 Å². The van der Waals surface area contributed by atoms with Crippen molar-refractivity contribution < 1.29 is 24.2 Å². The number of rotatable bonds is 4. The topological polar surface area (TPSA) is 112 Å². The molecule has 0 saturated carbocycles. The molecule has 9 nitrogen and oxygen atoms in total. The molecule has 0 aliphatic carbocycles. The van der Waals surface area contributed by atoms with Crippen molar-refractivity contribution >= 4 is 34.6 Å². The van der Waals surface area contributed by atoms with E-state index in [0.717, 1.165) is 0 Å². The number of aromatic nitrogens is 1. The zero-order valence-electron chi connectivity index (χ0n) is 15.6. The lowest BCUT2D eigenvalue weighted by molar-refractivity contribution is -0.135. The van der Waals surface area contributed by atoms with Gasteiger partial charge in [0.05, 0.1) is 12.1 Å². The Kier molecular flexibility index (Phi) is 5.93. The molecular weight excluding hydrogens is 364 g/mol. The molecule has 1 aromatic carbocycles. The van der Waals surface area contributed by atoms with Crippen LogP contribution in [0.15, 0.2) is 30.3 Å². The van der Waals surface area contributed by atoms with Gasteiger partial charge in [-0.1, -0.05) is 12.1 Å². The summed E-state index contributed by atoms with van der Waals surface area (Å²) in [6.45, 7) is 3.47. The van der Waals surface area contributed by atoms with Gasteiger partial charge in [-0.3, -0.25) is 9.59 Å². The number of amides is 3. The third kappa shape index (κ3) is 4.48. The van der Waals surface area contributed by atoms with Crippen LogP contribution in [0.1, 0.15) is 13.3 Å². The molecule has 0 unspecified atom stereocenters. The minimum absolute atomic E-state index is 0.00214. The van der Waals surface area contributed by atoms with E-state index in [0.29, 0.717) is 43.7 Å². The van der Waals surface area contributed by atoms with E-state index in [1.165, 1.54) is 11.0 Å². The van der Waals surface area contributed by atoms with Crippen LogP contribution in [0, 0.1) is 0 Å². The standard InChI is InChI=1S/C19H22N4O5/c1-2-28-19(27)23-9-7-22(8-10-23)18(26)12-17(25)21-16-11-15(24)13-5-3-4-6-14(13)20-16/h3-6,11H,2,7-10,12H2,1H3,(H2,20,21,24,25). The van der Waals surface area contributed by atoms with E-state index in [-0.39, 0.29) is 23.9 Å². The SMILES string of the molecule is CCOC(=O)N1CCN(C(=O)CC(=O)Nc2cc(O)c3ccccc3n2)CC1. The normalized spacial score (nSPS) is 14.0. The number of hydrogen-bond donors (Lipinski definition) is 2. The van der Waals surface area contributed by atoms with Crippen molar-refractivity contribution in [2.75, 3.05) is 38.1 Å². The van der Waals surface area contributed by atoms with Gasteiger partial charge < -0.3 is 25.0 Å². The average Bonchev–Trinajstić information content (AvgIpc) is 2.68. The molecule has 0 atom stereocenters. The number of piperazine rings is 1. The quantitative estimate of drug-likeness (QED) is 0.772. The molecule has 1 aliphatic rings. The van der Waals surface area contributed by atoms with Gasteiger partial charge in [-0.25, -0.2) is 9.78 Å². The van der Waals surface area contributed by atoms with Crippen molar-refractivity contribution in [1.82, 2.24) is 14.8 Å². The van der Waals surface area contributed by atoms with Crippen molar-refractivity contribution in [2.24, 2.45) is 0 Å². The highest BCUT2D eigenvalue weighted by Crippen LogP contribution is 2.25. The fourth-order valence-corrected chi connectivity index (χ4v) is 3.01. The van der Waals surface area contributed by atoms with Gasteiger partial charge in [0.15, 0.2) is 0 Å². The molecule has 148 valence electrons. The third-order valence-corrected chi connectivity index (χ3v) is 4.43. The Morgan fingerprint density at radius 2 is 1.82 bits per heavy atom. The molecular formula is C19H22N4O5. The van der Waals surface area contributed by atoms with Crippen LogP contribution in [0.2, 0.25) is 0 Å². The van der Waals surface area contributed by atoms with Crippen LogP contribution in [-0.4, -0.2) is 70.6 Å². The molecule has 2 aromatic rings. The number of pyridine rings is 1. The van der Waals surface area contributed by atoms with Gasteiger partial charge in [0.25, 0.3) is 0 Å². The van der Waals surface area contributed by atoms with Gasteiger partial charge >= 0.3 is 6.09 Å². The Bertz CT molecular complexity index is 893. The summed E-state index contributed by atoms with van der Waals surface area (Å²) in [5.74, 6) is -0.658. The van der Waals surface area contributed by atoms with Crippen molar-refractivity contribution in [1.29, 1.82) is 0 Å². The van der Waals surface area contributed by atoms with E-state index in [2.05, 4.69) is 10.3 Å². The molecule has 2 N–H and O–H groups in total. The maximum Gasteiger partial charge on any atom is 0.409 e. The first-order valence-corrected chi connectivity index (χ1v) is 9.06. The van der Waals surface area contributed by atoms with Gasteiger partial charge in [0.1, 0.15) is 18.0 Å². The molecule has 0 radical (unpaired) electrons. The molecule has 1 aromatic heterocycles. The number of benzene rings is 1. The molecule has 2 heterocycles. The third-order valence-electron chi connectivity index (χ3n) is 4.43. The second kappa shape index (κ2) is 8.55. The monoisotopic (exact) mass is 386 g/mol. The van der Waals surface area contributed by atoms with Crippen molar-refractivity contribution in [3.05, 3.63) is 30.3 Å². The highest BCUT2D eigenvalue weighted by atomic mass is 16.6. The predicted octanol–water partition coefficient (Wildman–Crippen LogP) is 1.57. The second-order valence-corrected chi connectivity index (χ2v) is 6.34. The lowest BCUT2D eigenvalue weighted by Gasteiger charge is -2.33. The van der Waals surface area contributed by atoms with Crippen LogP contribution < -0.4 is 5.32 Å². The van der Waals surface area contributed by atoms with Crippen LogP contribution in [-0.2, 0) is 14.3 Å². The summed E-state index contributed by atoms with van der Waals surface area (Å²) in [7, 11) is 0. The summed E-state index contributed by atoms with van der Waals surface area (Å²) in [5.41, 5.74) is 0.541. The number of nitrogens with zero attached hydrogens (tertiary/aromatic N) is 3. The Balaban J connectivity index is 1.54. The summed E-state index contributed by atoms with van der Waals surface area (Å²) in [5, 5.41) is 13.2. The van der Waals surface area contributed by atoms with Crippen LogP contribution in [0.3, 0.4) is 0 Å². The Morgan fingerprint density at radius 1 is 1.14 bits per heavy atom. The lowest BCUT2D eigenvalue weighted by Crippen LogP contribution is -2.51. The Hall–Kier alpha value is -3.36. The summed E-state index contributed by atoms with van der Waals surface area (Å²) >= 11 is 0. The first-order chi connectivity index (χ1) is 13.5. The molecule has 0 spiro atoms. The van der Waals surface area contributed by atoms with Gasteiger partial charge in [0.2, 0.25) is 11.8 Å². The van der Waals surface area contributed by atoms with Gasteiger partial charge in [-0.15, -0.1) is 0 Å². The van der Waals surface area contributed by atoms with Crippen LogP contribution in [0.4, 0.5) is 10.6 Å². The first kappa shape index (κ1) is 19.4. The number of hydrogen-bond acceptors (Lipinski definition) is 6. The average molecular weight is 386 g/mol. The zero-order chi connectivity index (χ0) is 20.1. The van der Waals surface area contributed by atoms with Crippen LogP contribution in [0.5, 0.6) is 5.75 Å². The smallest absolute Gasteiger partial charge is 0.409 e. The van der Waals surface area contributed by atoms with Crippen LogP contribution in [0.25, 0.3) is 10.9 Å². The number of ether oxygens (including phenoxy) is 1. The van der Waals surface area contributed by atoms with E-state index >= 15 is 0 Å². The molecule has 28 heavy (non-hydrogen) atoms. The summed E-state index contributed by atoms with van der Waals surface area (Å²) in [6, 6.07) is 8.35. The minimum Gasteiger partial charge on any atom is -0.507 e. The van der Waals surface area contributed by atoms with E-state index < -0.39 is 12.0 Å². The second-order valence-electron chi connectivity index (χ2n) is 6.34. The molecule has 9 heteroatoms. The van der Waals surface area contributed by atoms with Crippen LogP contribution >= 0.6 is 0 Å². The Labute approximate surface area is 161 Å². The van der Waals surface area contributed by atoms with Crippen molar-refractivity contribution in [3.63, 3.8) is 0 Å². The number of aromatic hydroxyl groups is 1. The molecule has 1 aliphatic heterocycles. The fraction of sp³-hybridized carbons (Fsp3) is 0.368. The number of fused-ring (bicyclic) bond motifs is 1. The number of para-hydroxylation sites is 1. The molecule has 3 rings (SSSR count). The number of carbonyl (C=O) groups is 3. The first-order valence-electron chi connectivity index (χ1n) is 9.06. The Morgan fingerprint density at radius 3 is 2.54 bits per heavy atom. The maximum atomic E-state index is 12.3. The van der Waals surface area contributed by atoms with E-state index in [4.69, 9.17) is 4.74 Å². The van der Waals surface area contributed by atoms with Gasteiger partial charge in [-0.2, -0.15) is 0 Å². The van der Waals surface area contributed by atoms with Gasteiger partial charge in [0, 0.05) is 37.6 Å². The summed E-state index contributed by atoms with van der Waals surface area (Å²) in [4.78, 5) is 43.6. The highest BCUT2D eigenvalue weighted by Gasteiger charge is 2.26. The van der Waals surface area contributed by atoms with E-state index in [9.17, 15) is 19.5 Å². The number of nitrogens with one attached hydrogen (secondary N) is 1. The fourth-order valence-electron chi connectivity index (χ4n) is 3.01. The molecule has 1 fully saturated rings.